The highest BCUT2D eigenvalue weighted by molar-refractivity contribution is 5.89. The van der Waals surface area contributed by atoms with E-state index in [2.05, 4.69) is 6.92 Å². The molecule has 0 aromatic carbocycles. The predicted molar refractivity (Wildman–Crippen MR) is 67.6 cm³/mol. The molecule has 6 heteroatoms. The zero-order valence-electron chi connectivity index (χ0n) is 11.2. The first-order valence-electron chi connectivity index (χ1n) is 6.72. The van der Waals surface area contributed by atoms with E-state index in [9.17, 15) is 19.5 Å². The molecule has 6 nitrogen and oxygen atoms in total. The first-order chi connectivity index (χ1) is 8.97. The Balaban J connectivity index is 2.59. The maximum Gasteiger partial charge on any atom is 0.326 e. The van der Waals surface area contributed by atoms with Crippen molar-refractivity contribution in [2.75, 3.05) is 6.54 Å². The van der Waals surface area contributed by atoms with Crippen LogP contribution in [-0.4, -0.2) is 45.5 Å². The monoisotopic (exact) mass is 271 g/mol. The number of unbranched alkanes of at least 4 members (excludes halogenated alkanes) is 3. The van der Waals surface area contributed by atoms with Crippen molar-refractivity contribution >= 4 is 17.8 Å². The van der Waals surface area contributed by atoms with Crippen molar-refractivity contribution in [1.82, 2.24) is 4.90 Å². The highest BCUT2D eigenvalue weighted by Crippen LogP contribution is 2.23. The lowest BCUT2D eigenvalue weighted by Gasteiger charge is -2.24. The Morgan fingerprint density at radius 2 is 2.00 bits per heavy atom. The summed E-state index contributed by atoms with van der Waals surface area (Å²) in [5, 5.41) is 18.1. The van der Waals surface area contributed by atoms with E-state index in [4.69, 9.17) is 5.11 Å². The SMILES string of the molecule is CCCCCCC(C(=O)O)N1CC(C(=O)O)CC1=O. The molecular formula is C13H21NO5. The lowest BCUT2D eigenvalue weighted by Crippen LogP contribution is -2.42. The zero-order valence-corrected chi connectivity index (χ0v) is 11.2. The topological polar surface area (TPSA) is 94.9 Å². The number of carbonyl (C=O) groups excluding carboxylic acids is 1. The van der Waals surface area contributed by atoms with Gasteiger partial charge in [-0.1, -0.05) is 32.6 Å². The maximum atomic E-state index is 11.7. The van der Waals surface area contributed by atoms with E-state index in [-0.39, 0.29) is 18.9 Å². The Bertz CT molecular complexity index is 355. The van der Waals surface area contributed by atoms with Crippen molar-refractivity contribution in [2.45, 2.75) is 51.5 Å². The fraction of sp³-hybridized carbons (Fsp3) is 0.769. The van der Waals surface area contributed by atoms with Crippen LogP contribution in [0.25, 0.3) is 0 Å². The number of rotatable bonds is 8. The Morgan fingerprint density at radius 3 is 2.47 bits per heavy atom. The number of carboxylic acids is 2. The summed E-state index contributed by atoms with van der Waals surface area (Å²) in [6, 6.07) is -0.881. The van der Waals surface area contributed by atoms with Crippen molar-refractivity contribution in [1.29, 1.82) is 0 Å². The van der Waals surface area contributed by atoms with E-state index in [0.717, 1.165) is 25.7 Å². The molecule has 1 fully saturated rings. The summed E-state index contributed by atoms with van der Waals surface area (Å²) in [7, 11) is 0. The summed E-state index contributed by atoms with van der Waals surface area (Å²) in [5.74, 6) is -3.22. The standard InChI is InChI=1S/C13H21NO5/c1-2-3-4-5-6-10(13(18)19)14-8-9(12(16)17)7-11(14)15/h9-10H,2-8H2,1H3,(H,16,17)(H,18,19). The second-order valence-electron chi connectivity index (χ2n) is 4.99. The molecule has 0 aliphatic carbocycles. The minimum Gasteiger partial charge on any atom is -0.481 e. The largest absolute Gasteiger partial charge is 0.481 e. The van der Waals surface area contributed by atoms with Gasteiger partial charge in [-0.05, 0) is 6.42 Å². The number of amides is 1. The number of carboxylic acid groups (broad SMARTS) is 2. The van der Waals surface area contributed by atoms with Gasteiger partial charge in [0, 0.05) is 13.0 Å². The molecular weight excluding hydrogens is 250 g/mol. The third-order valence-electron chi connectivity index (χ3n) is 3.50. The molecule has 1 rings (SSSR count). The normalized spacial score (nSPS) is 20.6. The Kier molecular flexibility index (Phi) is 5.79. The van der Waals surface area contributed by atoms with Crippen LogP contribution in [0.5, 0.6) is 0 Å². The van der Waals surface area contributed by atoms with Gasteiger partial charge < -0.3 is 15.1 Å². The number of aliphatic carboxylic acids is 2. The van der Waals surface area contributed by atoms with E-state index >= 15 is 0 Å². The van der Waals surface area contributed by atoms with E-state index < -0.39 is 23.9 Å². The lowest BCUT2D eigenvalue weighted by molar-refractivity contribution is -0.148. The molecule has 108 valence electrons. The summed E-state index contributed by atoms with van der Waals surface area (Å²) in [5.41, 5.74) is 0. The van der Waals surface area contributed by atoms with Gasteiger partial charge in [0.15, 0.2) is 0 Å². The number of hydrogen-bond acceptors (Lipinski definition) is 3. The molecule has 1 saturated heterocycles. The van der Waals surface area contributed by atoms with Gasteiger partial charge in [0.05, 0.1) is 5.92 Å². The van der Waals surface area contributed by atoms with Crippen LogP contribution in [0.3, 0.4) is 0 Å². The molecule has 0 saturated carbocycles. The number of likely N-dealkylation sites (tertiary alicyclic amines) is 1. The summed E-state index contributed by atoms with van der Waals surface area (Å²) >= 11 is 0. The minimum atomic E-state index is -1.05. The summed E-state index contributed by atoms with van der Waals surface area (Å²) in [4.78, 5) is 35.0. The van der Waals surface area contributed by atoms with Gasteiger partial charge in [-0.2, -0.15) is 0 Å². The molecule has 0 radical (unpaired) electrons. The van der Waals surface area contributed by atoms with E-state index in [1.807, 2.05) is 0 Å². The molecule has 1 aliphatic rings. The van der Waals surface area contributed by atoms with Gasteiger partial charge in [0.1, 0.15) is 6.04 Å². The smallest absolute Gasteiger partial charge is 0.326 e. The summed E-state index contributed by atoms with van der Waals surface area (Å²) in [6.45, 7) is 2.08. The van der Waals surface area contributed by atoms with Crippen molar-refractivity contribution in [3.63, 3.8) is 0 Å². The van der Waals surface area contributed by atoms with Gasteiger partial charge in [-0.15, -0.1) is 0 Å². The van der Waals surface area contributed by atoms with Crippen molar-refractivity contribution in [2.24, 2.45) is 5.92 Å². The van der Waals surface area contributed by atoms with Crippen molar-refractivity contribution in [3.8, 4) is 0 Å². The second-order valence-corrected chi connectivity index (χ2v) is 4.99. The van der Waals surface area contributed by atoms with Crippen LogP contribution >= 0.6 is 0 Å². The van der Waals surface area contributed by atoms with Gasteiger partial charge in [-0.25, -0.2) is 4.79 Å². The molecule has 0 spiro atoms. The first kappa shape index (κ1) is 15.5. The Labute approximate surface area is 112 Å². The molecule has 1 aliphatic heterocycles. The molecule has 19 heavy (non-hydrogen) atoms. The predicted octanol–water partition coefficient (Wildman–Crippen LogP) is 1.34. The van der Waals surface area contributed by atoms with Gasteiger partial charge >= 0.3 is 11.9 Å². The molecule has 1 amide bonds. The Hall–Kier alpha value is -1.59. The molecule has 0 aromatic rings. The van der Waals surface area contributed by atoms with Crippen LogP contribution in [0.1, 0.15) is 45.4 Å². The van der Waals surface area contributed by atoms with Crippen LogP contribution in [0.4, 0.5) is 0 Å². The van der Waals surface area contributed by atoms with Gasteiger partial charge in [0.2, 0.25) is 5.91 Å². The van der Waals surface area contributed by atoms with Crippen LogP contribution in [0.15, 0.2) is 0 Å². The van der Waals surface area contributed by atoms with Gasteiger partial charge in [-0.3, -0.25) is 9.59 Å². The zero-order chi connectivity index (χ0) is 14.4. The fourth-order valence-electron chi connectivity index (χ4n) is 2.38. The number of hydrogen-bond donors (Lipinski definition) is 2. The fourth-order valence-corrected chi connectivity index (χ4v) is 2.38. The number of nitrogens with zero attached hydrogens (tertiary/aromatic N) is 1. The van der Waals surface area contributed by atoms with Crippen LogP contribution < -0.4 is 0 Å². The number of carbonyl (C=O) groups is 3. The third kappa shape index (κ3) is 4.22. The Morgan fingerprint density at radius 1 is 1.32 bits per heavy atom. The van der Waals surface area contributed by atoms with Crippen molar-refractivity contribution in [3.05, 3.63) is 0 Å². The van der Waals surface area contributed by atoms with E-state index in [1.165, 1.54) is 4.90 Å². The van der Waals surface area contributed by atoms with Crippen LogP contribution in [0.2, 0.25) is 0 Å². The highest BCUT2D eigenvalue weighted by atomic mass is 16.4. The average Bonchev–Trinajstić information content (AvgIpc) is 2.71. The molecule has 2 atom stereocenters. The van der Waals surface area contributed by atoms with Crippen molar-refractivity contribution < 1.29 is 24.6 Å². The maximum absolute atomic E-state index is 11.7. The molecule has 2 unspecified atom stereocenters. The minimum absolute atomic E-state index is 0.0128. The quantitative estimate of drug-likeness (QED) is 0.650. The first-order valence-corrected chi connectivity index (χ1v) is 6.72. The van der Waals surface area contributed by atoms with Crippen LogP contribution in [-0.2, 0) is 14.4 Å². The summed E-state index contributed by atoms with van der Waals surface area (Å²) in [6.07, 6.45) is 4.08. The molecule has 0 bridgehead atoms. The van der Waals surface area contributed by atoms with E-state index in [1.54, 1.807) is 0 Å². The third-order valence-corrected chi connectivity index (χ3v) is 3.50. The molecule has 1 heterocycles. The highest BCUT2D eigenvalue weighted by Gasteiger charge is 2.40. The van der Waals surface area contributed by atoms with Gasteiger partial charge in [0.25, 0.3) is 0 Å². The summed E-state index contributed by atoms with van der Waals surface area (Å²) < 4.78 is 0. The second kappa shape index (κ2) is 7.11. The molecule has 0 aromatic heterocycles. The average molecular weight is 271 g/mol. The van der Waals surface area contributed by atoms with E-state index in [0.29, 0.717) is 6.42 Å². The molecule has 2 N–H and O–H groups in total. The lowest BCUT2D eigenvalue weighted by atomic mass is 10.1. The van der Waals surface area contributed by atoms with Crippen LogP contribution in [0, 0.1) is 5.92 Å².